The second kappa shape index (κ2) is 6.66. The Morgan fingerprint density at radius 1 is 1.47 bits per heavy atom. The summed E-state index contributed by atoms with van der Waals surface area (Å²) in [5.74, 6) is -0.280. The van der Waals surface area contributed by atoms with Gasteiger partial charge in [0.1, 0.15) is 5.82 Å². The molecule has 1 aromatic rings. The molecular formula is C15H20FNO2. The molecule has 0 aromatic heterocycles. The molecule has 1 aromatic carbocycles. The van der Waals surface area contributed by atoms with Gasteiger partial charge >= 0.3 is 5.97 Å². The Bertz CT molecular complexity index is 444. The van der Waals surface area contributed by atoms with Gasteiger partial charge in [-0.1, -0.05) is 25.3 Å². The number of halogens is 1. The summed E-state index contributed by atoms with van der Waals surface area (Å²) >= 11 is 0. The molecule has 0 amide bonds. The molecule has 1 fully saturated rings. The minimum Gasteiger partial charge on any atom is -0.465 e. The van der Waals surface area contributed by atoms with E-state index in [0.717, 1.165) is 18.0 Å². The highest BCUT2D eigenvalue weighted by Gasteiger charge is 2.16. The Morgan fingerprint density at radius 2 is 2.26 bits per heavy atom. The highest BCUT2D eigenvalue weighted by atomic mass is 19.1. The second-order valence-electron chi connectivity index (χ2n) is 5.07. The number of benzene rings is 1. The van der Waals surface area contributed by atoms with Crippen LogP contribution in [0, 0.1) is 11.7 Å². The normalized spacial score (nSPS) is 15.1. The molecule has 2 rings (SSSR count). The van der Waals surface area contributed by atoms with Gasteiger partial charge in [-0.15, -0.1) is 0 Å². The molecule has 19 heavy (non-hydrogen) atoms. The van der Waals surface area contributed by atoms with E-state index < -0.39 is 11.8 Å². The van der Waals surface area contributed by atoms with Crippen LogP contribution in [-0.2, 0) is 11.3 Å². The molecule has 0 saturated heterocycles. The van der Waals surface area contributed by atoms with Gasteiger partial charge < -0.3 is 10.1 Å². The van der Waals surface area contributed by atoms with Gasteiger partial charge in [0.15, 0.2) is 0 Å². The number of methoxy groups -OCH3 is 1. The first-order valence-electron chi connectivity index (χ1n) is 6.78. The zero-order valence-corrected chi connectivity index (χ0v) is 11.2. The maximum absolute atomic E-state index is 13.7. The lowest BCUT2D eigenvalue weighted by Gasteiger charge is -2.25. The standard InChI is InChI=1S/C15H20FNO2/c1-19-15(18)13-6-5-12(9-14(13)16)10-17-8-7-11-3-2-4-11/h5-6,9,11,17H,2-4,7-8,10H2,1H3. The lowest BCUT2D eigenvalue weighted by molar-refractivity contribution is 0.0595. The van der Waals surface area contributed by atoms with E-state index in [2.05, 4.69) is 10.1 Å². The fourth-order valence-corrected chi connectivity index (χ4v) is 2.26. The van der Waals surface area contributed by atoms with Gasteiger partial charge in [0, 0.05) is 6.54 Å². The van der Waals surface area contributed by atoms with E-state index in [9.17, 15) is 9.18 Å². The molecular weight excluding hydrogens is 245 g/mol. The van der Waals surface area contributed by atoms with E-state index in [1.807, 2.05) is 0 Å². The SMILES string of the molecule is COC(=O)c1ccc(CNCCC2CCC2)cc1F. The van der Waals surface area contributed by atoms with Crippen molar-refractivity contribution in [1.82, 2.24) is 5.32 Å². The molecule has 0 heterocycles. The van der Waals surface area contributed by atoms with Crippen molar-refractivity contribution in [3.05, 3.63) is 35.1 Å². The van der Waals surface area contributed by atoms with Crippen LogP contribution in [0.25, 0.3) is 0 Å². The molecule has 1 N–H and O–H groups in total. The molecule has 0 unspecified atom stereocenters. The van der Waals surface area contributed by atoms with Crippen LogP contribution in [-0.4, -0.2) is 19.6 Å². The van der Waals surface area contributed by atoms with Crippen LogP contribution < -0.4 is 5.32 Å². The van der Waals surface area contributed by atoms with Gasteiger partial charge in [-0.05, 0) is 36.6 Å². The third kappa shape index (κ3) is 3.77. The van der Waals surface area contributed by atoms with E-state index >= 15 is 0 Å². The number of ether oxygens (including phenoxy) is 1. The summed E-state index contributed by atoms with van der Waals surface area (Å²) in [4.78, 5) is 11.2. The fraction of sp³-hybridized carbons (Fsp3) is 0.533. The lowest BCUT2D eigenvalue weighted by Crippen LogP contribution is -2.21. The second-order valence-corrected chi connectivity index (χ2v) is 5.07. The van der Waals surface area contributed by atoms with Crippen LogP contribution >= 0.6 is 0 Å². The third-order valence-electron chi connectivity index (χ3n) is 3.72. The van der Waals surface area contributed by atoms with Gasteiger partial charge in [-0.3, -0.25) is 0 Å². The van der Waals surface area contributed by atoms with Gasteiger partial charge in [0.2, 0.25) is 0 Å². The number of carbonyl (C=O) groups is 1. The Labute approximate surface area is 113 Å². The van der Waals surface area contributed by atoms with E-state index in [1.165, 1.54) is 44.9 Å². The molecule has 1 saturated carbocycles. The predicted molar refractivity (Wildman–Crippen MR) is 71.4 cm³/mol. The minimum absolute atomic E-state index is 0.0132. The molecule has 0 aliphatic heterocycles. The van der Waals surface area contributed by atoms with Crippen molar-refractivity contribution < 1.29 is 13.9 Å². The van der Waals surface area contributed by atoms with Crippen LogP contribution in [0.3, 0.4) is 0 Å². The largest absolute Gasteiger partial charge is 0.465 e. The first-order chi connectivity index (χ1) is 9.20. The molecule has 0 bridgehead atoms. The summed E-state index contributed by atoms with van der Waals surface area (Å²) in [6.45, 7) is 1.59. The molecule has 1 aliphatic carbocycles. The summed E-state index contributed by atoms with van der Waals surface area (Å²) in [5, 5.41) is 3.31. The van der Waals surface area contributed by atoms with E-state index in [4.69, 9.17) is 0 Å². The van der Waals surface area contributed by atoms with Gasteiger partial charge in [-0.25, -0.2) is 9.18 Å². The summed E-state index contributed by atoms with van der Waals surface area (Å²) in [7, 11) is 1.25. The Kier molecular flexibility index (Phi) is 4.91. The Balaban J connectivity index is 1.80. The number of esters is 1. The van der Waals surface area contributed by atoms with Crippen molar-refractivity contribution >= 4 is 5.97 Å². The van der Waals surface area contributed by atoms with Crippen molar-refractivity contribution in [2.24, 2.45) is 5.92 Å². The zero-order chi connectivity index (χ0) is 13.7. The van der Waals surface area contributed by atoms with Crippen LogP contribution in [0.4, 0.5) is 4.39 Å². The number of carbonyl (C=O) groups excluding carboxylic acids is 1. The average Bonchev–Trinajstić information content (AvgIpc) is 2.35. The highest BCUT2D eigenvalue weighted by molar-refractivity contribution is 5.89. The van der Waals surface area contributed by atoms with E-state index in [1.54, 1.807) is 6.07 Å². The topological polar surface area (TPSA) is 38.3 Å². The molecule has 4 heteroatoms. The number of rotatable bonds is 6. The third-order valence-corrected chi connectivity index (χ3v) is 3.72. The zero-order valence-electron chi connectivity index (χ0n) is 11.2. The quantitative estimate of drug-likeness (QED) is 0.635. The number of nitrogens with one attached hydrogen (secondary N) is 1. The Morgan fingerprint density at radius 3 is 2.84 bits per heavy atom. The molecule has 0 radical (unpaired) electrons. The predicted octanol–water partition coefficient (Wildman–Crippen LogP) is 2.89. The summed E-state index contributed by atoms with van der Waals surface area (Å²) in [6.07, 6.45) is 5.27. The van der Waals surface area contributed by atoms with E-state index in [0.29, 0.717) is 6.54 Å². The van der Waals surface area contributed by atoms with Crippen LogP contribution in [0.1, 0.15) is 41.6 Å². The smallest absolute Gasteiger partial charge is 0.340 e. The molecule has 104 valence electrons. The minimum atomic E-state index is -0.637. The molecule has 0 atom stereocenters. The molecule has 0 spiro atoms. The average molecular weight is 265 g/mol. The first-order valence-corrected chi connectivity index (χ1v) is 6.78. The van der Waals surface area contributed by atoms with Crippen molar-refractivity contribution in [2.45, 2.75) is 32.2 Å². The summed E-state index contributed by atoms with van der Waals surface area (Å²) in [5.41, 5.74) is 0.833. The summed E-state index contributed by atoms with van der Waals surface area (Å²) < 4.78 is 18.2. The monoisotopic (exact) mass is 265 g/mol. The Hall–Kier alpha value is -1.42. The number of hydrogen-bond donors (Lipinski definition) is 1. The van der Waals surface area contributed by atoms with Crippen molar-refractivity contribution in [2.75, 3.05) is 13.7 Å². The van der Waals surface area contributed by atoms with Crippen LogP contribution in [0.5, 0.6) is 0 Å². The maximum Gasteiger partial charge on any atom is 0.340 e. The molecule has 3 nitrogen and oxygen atoms in total. The van der Waals surface area contributed by atoms with Crippen molar-refractivity contribution in [3.63, 3.8) is 0 Å². The maximum atomic E-state index is 13.7. The van der Waals surface area contributed by atoms with Gasteiger partial charge in [0.25, 0.3) is 0 Å². The fourth-order valence-electron chi connectivity index (χ4n) is 2.26. The van der Waals surface area contributed by atoms with Crippen molar-refractivity contribution in [3.8, 4) is 0 Å². The van der Waals surface area contributed by atoms with E-state index in [-0.39, 0.29) is 5.56 Å². The van der Waals surface area contributed by atoms with Crippen LogP contribution in [0.15, 0.2) is 18.2 Å². The lowest BCUT2D eigenvalue weighted by atomic mass is 9.83. The van der Waals surface area contributed by atoms with Crippen LogP contribution in [0.2, 0.25) is 0 Å². The van der Waals surface area contributed by atoms with Gasteiger partial charge in [-0.2, -0.15) is 0 Å². The first kappa shape index (κ1) is 14.0. The van der Waals surface area contributed by atoms with Gasteiger partial charge in [0.05, 0.1) is 12.7 Å². The highest BCUT2D eigenvalue weighted by Crippen LogP contribution is 2.28. The molecule has 1 aliphatic rings. The number of hydrogen-bond acceptors (Lipinski definition) is 3. The van der Waals surface area contributed by atoms with Crippen molar-refractivity contribution in [1.29, 1.82) is 0 Å². The summed E-state index contributed by atoms with van der Waals surface area (Å²) in [6, 6.07) is 4.62.